The highest BCUT2D eigenvalue weighted by atomic mass is 16.4. The van der Waals surface area contributed by atoms with E-state index in [1.54, 1.807) is 0 Å². The monoisotopic (exact) mass is 183 g/mol. The van der Waals surface area contributed by atoms with Crippen molar-refractivity contribution in [2.75, 3.05) is 7.05 Å². The van der Waals surface area contributed by atoms with Crippen LogP contribution in [0.1, 0.15) is 32.1 Å². The Balaban J connectivity index is 1.85. The minimum atomic E-state index is -0.616. The van der Waals surface area contributed by atoms with Crippen molar-refractivity contribution in [1.82, 2.24) is 4.90 Å². The van der Waals surface area contributed by atoms with Gasteiger partial charge in [-0.25, -0.2) is 0 Å². The lowest BCUT2D eigenvalue weighted by molar-refractivity contribution is -0.139. The van der Waals surface area contributed by atoms with Crippen molar-refractivity contribution in [3.63, 3.8) is 0 Å². The predicted octanol–water partition coefficient (Wildman–Crippen LogP) is 1.33. The van der Waals surface area contributed by atoms with Gasteiger partial charge in [-0.3, -0.25) is 9.69 Å². The second-order valence-electron chi connectivity index (χ2n) is 4.35. The molecule has 2 atom stereocenters. The summed E-state index contributed by atoms with van der Waals surface area (Å²) in [6.45, 7) is 0. The Kier molecular flexibility index (Phi) is 2.28. The normalized spacial score (nSPS) is 34.0. The lowest BCUT2D eigenvalue weighted by Crippen LogP contribution is -2.33. The van der Waals surface area contributed by atoms with E-state index in [-0.39, 0.29) is 5.92 Å². The summed E-state index contributed by atoms with van der Waals surface area (Å²) >= 11 is 0. The molecule has 1 N–H and O–H groups in total. The second-order valence-corrected chi connectivity index (χ2v) is 4.35. The summed E-state index contributed by atoms with van der Waals surface area (Å²) in [5, 5.41) is 8.79. The van der Waals surface area contributed by atoms with Crippen LogP contribution >= 0.6 is 0 Å². The third-order valence-electron chi connectivity index (χ3n) is 3.50. The first-order valence-corrected chi connectivity index (χ1v) is 5.15. The molecule has 74 valence electrons. The van der Waals surface area contributed by atoms with Crippen LogP contribution < -0.4 is 0 Å². The van der Waals surface area contributed by atoms with E-state index in [1.807, 2.05) is 0 Å². The van der Waals surface area contributed by atoms with Crippen LogP contribution in [0.2, 0.25) is 0 Å². The van der Waals surface area contributed by atoms with Gasteiger partial charge in [0.25, 0.3) is 0 Å². The zero-order valence-electron chi connectivity index (χ0n) is 8.07. The summed E-state index contributed by atoms with van der Waals surface area (Å²) in [5.41, 5.74) is 0. The molecule has 0 heterocycles. The average molecular weight is 183 g/mol. The molecule has 0 bridgehead atoms. The molecule has 13 heavy (non-hydrogen) atoms. The first kappa shape index (κ1) is 9.00. The van der Waals surface area contributed by atoms with Crippen LogP contribution in [0.5, 0.6) is 0 Å². The van der Waals surface area contributed by atoms with Crippen LogP contribution in [0.4, 0.5) is 0 Å². The molecule has 0 aromatic rings. The number of carbonyl (C=O) groups is 1. The van der Waals surface area contributed by atoms with Crippen LogP contribution in [0.15, 0.2) is 0 Å². The number of nitrogens with zero attached hydrogens (tertiary/aromatic N) is 1. The topological polar surface area (TPSA) is 40.5 Å². The van der Waals surface area contributed by atoms with Crippen molar-refractivity contribution in [2.45, 2.75) is 44.2 Å². The summed E-state index contributed by atoms with van der Waals surface area (Å²) in [7, 11) is 2.09. The standard InChI is InChI=1S/C10H17NO2/c1-11(7-4-2-3-5-7)9-6-8(9)10(12)13/h7-9H,2-6H2,1H3,(H,12,13). The van der Waals surface area contributed by atoms with E-state index in [0.717, 1.165) is 6.42 Å². The Labute approximate surface area is 78.7 Å². The highest BCUT2D eigenvalue weighted by Crippen LogP contribution is 2.38. The van der Waals surface area contributed by atoms with Gasteiger partial charge in [-0.1, -0.05) is 12.8 Å². The molecule has 0 aromatic carbocycles. The fraction of sp³-hybridized carbons (Fsp3) is 0.900. The van der Waals surface area contributed by atoms with Crippen LogP contribution in [0.3, 0.4) is 0 Å². The SMILES string of the molecule is CN(C1CCCC1)C1CC1C(=O)O. The van der Waals surface area contributed by atoms with E-state index in [2.05, 4.69) is 11.9 Å². The minimum Gasteiger partial charge on any atom is -0.481 e. The quantitative estimate of drug-likeness (QED) is 0.717. The summed E-state index contributed by atoms with van der Waals surface area (Å²) < 4.78 is 0. The van der Waals surface area contributed by atoms with Gasteiger partial charge < -0.3 is 5.11 Å². The van der Waals surface area contributed by atoms with Gasteiger partial charge in [0.1, 0.15) is 0 Å². The number of carboxylic acids is 1. The van der Waals surface area contributed by atoms with E-state index in [0.29, 0.717) is 12.1 Å². The molecule has 0 amide bonds. The van der Waals surface area contributed by atoms with Gasteiger partial charge in [-0.2, -0.15) is 0 Å². The molecule has 3 heteroatoms. The number of hydrogen-bond acceptors (Lipinski definition) is 2. The molecule has 0 aromatic heterocycles. The van der Waals surface area contributed by atoms with Crippen LogP contribution in [0.25, 0.3) is 0 Å². The second kappa shape index (κ2) is 3.29. The highest BCUT2D eigenvalue weighted by Gasteiger charge is 2.47. The molecule has 2 aliphatic rings. The first-order chi connectivity index (χ1) is 6.20. The zero-order valence-corrected chi connectivity index (χ0v) is 8.07. The van der Waals surface area contributed by atoms with Crippen molar-refractivity contribution >= 4 is 5.97 Å². The maximum atomic E-state index is 10.7. The number of carboxylic acid groups (broad SMARTS) is 1. The Morgan fingerprint density at radius 1 is 1.38 bits per heavy atom. The van der Waals surface area contributed by atoms with Crippen molar-refractivity contribution in [3.8, 4) is 0 Å². The molecular weight excluding hydrogens is 166 g/mol. The first-order valence-electron chi connectivity index (χ1n) is 5.15. The number of hydrogen-bond donors (Lipinski definition) is 1. The van der Waals surface area contributed by atoms with Crippen LogP contribution in [-0.2, 0) is 4.79 Å². The molecule has 0 radical (unpaired) electrons. The van der Waals surface area contributed by atoms with Gasteiger partial charge in [0, 0.05) is 12.1 Å². The van der Waals surface area contributed by atoms with E-state index in [4.69, 9.17) is 5.11 Å². The summed E-state index contributed by atoms with van der Waals surface area (Å²) in [6.07, 6.45) is 6.03. The van der Waals surface area contributed by atoms with E-state index >= 15 is 0 Å². The van der Waals surface area contributed by atoms with Gasteiger partial charge in [0.05, 0.1) is 5.92 Å². The van der Waals surface area contributed by atoms with Crippen LogP contribution in [-0.4, -0.2) is 35.1 Å². The van der Waals surface area contributed by atoms with Crippen molar-refractivity contribution in [3.05, 3.63) is 0 Å². The molecular formula is C10H17NO2. The van der Waals surface area contributed by atoms with Gasteiger partial charge >= 0.3 is 5.97 Å². The molecule has 2 rings (SSSR count). The summed E-state index contributed by atoms with van der Waals surface area (Å²) in [5.74, 6) is -0.694. The molecule has 2 unspecified atom stereocenters. The number of aliphatic carboxylic acids is 1. The van der Waals surface area contributed by atoms with Gasteiger partial charge in [0.2, 0.25) is 0 Å². The van der Waals surface area contributed by atoms with E-state index in [9.17, 15) is 4.79 Å². The molecule has 2 fully saturated rings. The smallest absolute Gasteiger partial charge is 0.308 e. The Morgan fingerprint density at radius 3 is 2.46 bits per heavy atom. The van der Waals surface area contributed by atoms with Gasteiger partial charge in [-0.15, -0.1) is 0 Å². The van der Waals surface area contributed by atoms with E-state index in [1.165, 1.54) is 25.7 Å². The molecule has 3 nitrogen and oxygen atoms in total. The molecule has 2 aliphatic carbocycles. The zero-order chi connectivity index (χ0) is 9.42. The van der Waals surface area contributed by atoms with Crippen molar-refractivity contribution in [1.29, 1.82) is 0 Å². The molecule has 0 aliphatic heterocycles. The number of rotatable bonds is 3. The molecule has 0 saturated heterocycles. The van der Waals surface area contributed by atoms with E-state index < -0.39 is 5.97 Å². The third kappa shape index (κ3) is 1.70. The van der Waals surface area contributed by atoms with Crippen LogP contribution in [0, 0.1) is 5.92 Å². The maximum Gasteiger partial charge on any atom is 0.308 e. The average Bonchev–Trinajstić information content (AvgIpc) is 2.72. The fourth-order valence-corrected chi connectivity index (χ4v) is 2.48. The van der Waals surface area contributed by atoms with Gasteiger partial charge in [0.15, 0.2) is 0 Å². The largest absolute Gasteiger partial charge is 0.481 e. The van der Waals surface area contributed by atoms with Crippen molar-refractivity contribution < 1.29 is 9.90 Å². The highest BCUT2D eigenvalue weighted by molar-refractivity contribution is 5.74. The lowest BCUT2D eigenvalue weighted by atomic mass is 10.2. The van der Waals surface area contributed by atoms with Gasteiger partial charge in [-0.05, 0) is 26.3 Å². The molecule has 0 spiro atoms. The fourth-order valence-electron chi connectivity index (χ4n) is 2.48. The predicted molar refractivity (Wildman–Crippen MR) is 49.5 cm³/mol. The lowest BCUT2D eigenvalue weighted by Gasteiger charge is -2.23. The Morgan fingerprint density at radius 2 is 2.00 bits per heavy atom. The third-order valence-corrected chi connectivity index (χ3v) is 3.50. The maximum absolute atomic E-state index is 10.7. The minimum absolute atomic E-state index is 0.0781. The Bertz CT molecular complexity index is 211. The van der Waals surface area contributed by atoms with Crippen molar-refractivity contribution in [2.24, 2.45) is 5.92 Å². The molecule has 2 saturated carbocycles. The summed E-state index contributed by atoms with van der Waals surface area (Å²) in [4.78, 5) is 13.0. The Hall–Kier alpha value is -0.570. The summed E-state index contributed by atoms with van der Waals surface area (Å²) in [6, 6.07) is 0.995.